The molecule has 1 atom stereocenters. The molecule has 106 valence electrons. The highest BCUT2D eigenvalue weighted by molar-refractivity contribution is 5.49. The first kappa shape index (κ1) is 14.6. The summed E-state index contributed by atoms with van der Waals surface area (Å²) < 4.78 is 0. The van der Waals surface area contributed by atoms with E-state index in [-0.39, 0.29) is 12.6 Å². The highest BCUT2D eigenvalue weighted by Gasteiger charge is 2.14. The highest BCUT2D eigenvalue weighted by atomic mass is 16.3. The molecule has 2 N–H and O–H groups in total. The molecule has 0 spiro atoms. The Bertz CT molecular complexity index is 604. The molecule has 0 radical (unpaired) electrons. The van der Waals surface area contributed by atoms with E-state index in [0.717, 1.165) is 11.3 Å². The topological polar surface area (TPSA) is 32.3 Å². The lowest BCUT2D eigenvalue weighted by Gasteiger charge is -2.21. The third-order valence-corrected chi connectivity index (χ3v) is 3.80. The molecule has 2 aromatic rings. The number of aryl methyl sites for hydroxylation is 4. The maximum atomic E-state index is 9.73. The summed E-state index contributed by atoms with van der Waals surface area (Å²) in [6.45, 7) is 8.48. The van der Waals surface area contributed by atoms with Gasteiger partial charge in [0.05, 0.1) is 12.6 Å². The fraction of sp³-hybridized carbons (Fsp3) is 0.333. The van der Waals surface area contributed by atoms with Crippen LogP contribution in [0.25, 0.3) is 0 Å². The first-order chi connectivity index (χ1) is 9.51. The number of hydrogen-bond acceptors (Lipinski definition) is 2. The Balaban J connectivity index is 2.31. The lowest BCUT2D eigenvalue weighted by atomic mass is 9.96. The van der Waals surface area contributed by atoms with Crippen LogP contribution in [-0.4, -0.2) is 11.7 Å². The van der Waals surface area contributed by atoms with Gasteiger partial charge in [-0.2, -0.15) is 0 Å². The normalized spacial score (nSPS) is 12.2. The predicted molar refractivity (Wildman–Crippen MR) is 85.3 cm³/mol. The molecule has 1 unspecified atom stereocenters. The van der Waals surface area contributed by atoms with E-state index in [1.165, 1.54) is 22.3 Å². The minimum Gasteiger partial charge on any atom is -0.394 e. The van der Waals surface area contributed by atoms with Crippen LogP contribution in [0.5, 0.6) is 0 Å². The Morgan fingerprint density at radius 3 is 2.30 bits per heavy atom. The molecule has 0 aliphatic heterocycles. The number of anilines is 1. The van der Waals surface area contributed by atoms with Crippen LogP contribution in [0.3, 0.4) is 0 Å². The first-order valence-corrected chi connectivity index (χ1v) is 7.03. The van der Waals surface area contributed by atoms with Gasteiger partial charge in [0.1, 0.15) is 0 Å². The van der Waals surface area contributed by atoms with Gasteiger partial charge < -0.3 is 10.4 Å². The smallest absolute Gasteiger partial charge is 0.0747 e. The Kier molecular flexibility index (Phi) is 4.46. The fourth-order valence-electron chi connectivity index (χ4n) is 2.52. The van der Waals surface area contributed by atoms with E-state index in [0.29, 0.717) is 0 Å². The maximum absolute atomic E-state index is 9.73. The molecule has 0 saturated heterocycles. The van der Waals surface area contributed by atoms with Crippen molar-refractivity contribution in [3.63, 3.8) is 0 Å². The number of rotatable bonds is 4. The molecule has 2 rings (SSSR count). The largest absolute Gasteiger partial charge is 0.394 e. The maximum Gasteiger partial charge on any atom is 0.0747 e. The number of nitrogens with one attached hydrogen (secondary N) is 1. The standard InChI is InChI=1S/C18H23NO/c1-12-6-5-7-16(8-12)19-18(11-20)17-10-14(3)13(2)9-15(17)4/h5-10,18-20H,11H2,1-4H3. The summed E-state index contributed by atoms with van der Waals surface area (Å²) in [5.41, 5.74) is 7.18. The molecule has 20 heavy (non-hydrogen) atoms. The average Bonchev–Trinajstić information content (AvgIpc) is 2.40. The van der Waals surface area contributed by atoms with Crippen LogP contribution in [0.15, 0.2) is 36.4 Å². The van der Waals surface area contributed by atoms with E-state index in [1.807, 2.05) is 12.1 Å². The highest BCUT2D eigenvalue weighted by Crippen LogP contribution is 2.25. The molecular formula is C18H23NO. The van der Waals surface area contributed by atoms with Gasteiger partial charge in [-0.25, -0.2) is 0 Å². The average molecular weight is 269 g/mol. The molecule has 2 aromatic carbocycles. The zero-order valence-electron chi connectivity index (χ0n) is 12.7. The van der Waals surface area contributed by atoms with E-state index in [1.54, 1.807) is 0 Å². The molecule has 0 fully saturated rings. The molecular weight excluding hydrogens is 246 g/mol. The van der Waals surface area contributed by atoms with Gasteiger partial charge in [-0.05, 0) is 67.6 Å². The third kappa shape index (κ3) is 3.20. The lowest BCUT2D eigenvalue weighted by Crippen LogP contribution is -2.16. The van der Waals surface area contributed by atoms with Crippen LogP contribution in [0.4, 0.5) is 5.69 Å². The van der Waals surface area contributed by atoms with Gasteiger partial charge in [0.25, 0.3) is 0 Å². The SMILES string of the molecule is Cc1cccc(NC(CO)c2cc(C)c(C)cc2C)c1. The van der Waals surface area contributed by atoms with Crippen molar-refractivity contribution in [1.82, 2.24) is 0 Å². The minimum atomic E-state index is -0.0731. The van der Waals surface area contributed by atoms with Crippen molar-refractivity contribution in [3.05, 3.63) is 64.2 Å². The van der Waals surface area contributed by atoms with Gasteiger partial charge in [0.15, 0.2) is 0 Å². The second-order valence-corrected chi connectivity index (χ2v) is 5.54. The van der Waals surface area contributed by atoms with Gasteiger partial charge >= 0.3 is 0 Å². The van der Waals surface area contributed by atoms with Gasteiger partial charge in [0.2, 0.25) is 0 Å². The van der Waals surface area contributed by atoms with Crippen molar-refractivity contribution in [2.45, 2.75) is 33.7 Å². The van der Waals surface area contributed by atoms with E-state index >= 15 is 0 Å². The van der Waals surface area contributed by atoms with Crippen molar-refractivity contribution in [2.75, 3.05) is 11.9 Å². The molecule has 0 amide bonds. The van der Waals surface area contributed by atoms with Crippen LogP contribution >= 0.6 is 0 Å². The zero-order valence-corrected chi connectivity index (χ0v) is 12.7. The number of hydrogen-bond donors (Lipinski definition) is 2. The molecule has 0 aliphatic carbocycles. The molecule has 0 saturated carbocycles. The van der Waals surface area contributed by atoms with Gasteiger partial charge in [0, 0.05) is 5.69 Å². The van der Waals surface area contributed by atoms with Crippen LogP contribution in [0.2, 0.25) is 0 Å². The molecule has 2 heteroatoms. The molecule has 0 heterocycles. The summed E-state index contributed by atoms with van der Waals surface area (Å²) in [7, 11) is 0. The molecule has 0 bridgehead atoms. The van der Waals surface area contributed by atoms with E-state index in [2.05, 4.69) is 57.3 Å². The molecule has 2 nitrogen and oxygen atoms in total. The summed E-state index contributed by atoms with van der Waals surface area (Å²) in [6.07, 6.45) is 0. The number of benzene rings is 2. The van der Waals surface area contributed by atoms with Crippen LogP contribution in [0, 0.1) is 27.7 Å². The van der Waals surface area contributed by atoms with Crippen LogP contribution < -0.4 is 5.32 Å². The van der Waals surface area contributed by atoms with Gasteiger partial charge in [-0.1, -0.05) is 24.3 Å². The zero-order chi connectivity index (χ0) is 14.7. The second kappa shape index (κ2) is 6.10. The first-order valence-electron chi connectivity index (χ1n) is 7.03. The predicted octanol–water partition coefficient (Wildman–Crippen LogP) is 4.07. The Morgan fingerprint density at radius 2 is 1.65 bits per heavy atom. The fourth-order valence-corrected chi connectivity index (χ4v) is 2.52. The second-order valence-electron chi connectivity index (χ2n) is 5.54. The van der Waals surface area contributed by atoms with Crippen LogP contribution in [0.1, 0.15) is 33.9 Å². The molecule has 0 aliphatic rings. The minimum absolute atomic E-state index is 0.0731. The summed E-state index contributed by atoms with van der Waals surface area (Å²) in [5.74, 6) is 0. The van der Waals surface area contributed by atoms with Gasteiger partial charge in [-0.3, -0.25) is 0 Å². The molecule has 0 aromatic heterocycles. The van der Waals surface area contributed by atoms with Gasteiger partial charge in [-0.15, -0.1) is 0 Å². The number of aliphatic hydroxyl groups is 1. The Labute approximate surface area is 121 Å². The van der Waals surface area contributed by atoms with Crippen molar-refractivity contribution < 1.29 is 5.11 Å². The number of aliphatic hydroxyl groups excluding tert-OH is 1. The quantitative estimate of drug-likeness (QED) is 0.877. The summed E-state index contributed by atoms with van der Waals surface area (Å²) in [6, 6.07) is 12.5. The van der Waals surface area contributed by atoms with Crippen molar-refractivity contribution in [2.24, 2.45) is 0 Å². The van der Waals surface area contributed by atoms with E-state index in [4.69, 9.17) is 0 Å². The Morgan fingerprint density at radius 1 is 0.950 bits per heavy atom. The van der Waals surface area contributed by atoms with Crippen molar-refractivity contribution >= 4 is 5.69 Å². The Hall–Kier alpha value is -1.80. The van der Waals surface area contributed by atoms with E-state index < -0.39 is 0 Å². The monoisotopic (exact) mass is 269 g/mol. The lowest BCUT2D eigenvalue weighted by molar-refractivity contribution is 0.276. The summed E-state index contributed by atoms with van der Waals surface area (Å²) in [5, 5.41) is 13.2. The van der Waals surface area contributed by atoms with Crippen molar-refractivity contribution in [1.29, 1.82) is 0 Å². The van der Waals surface area contributed by atoms with Crippen molar-refractivity contribution in [3.8, 4) is 0 Å². The summed E-state index contributed by atoms with van der Waals surface area (Å²) >= 11 is 0. The third-order valence-electron chi connectivity index (χ3n) is 3.80. The summed E-state index contributed by atoms with van der Waals surface area (Å²) in [4.78, 5) is 0. The van der Waals surface area contributed by atoms with E-state index in [9.17, 15) is 5.11 Å². The van der Waals surface area contributed by atoms with Crippen LogP contribution in [-0.2, 0) is 0 Å².